The predicted molar refractivity (Wildman–Crippen MR) is 46.8 cm³/mol. The Balaban J connectivity index is 2.41. The molecule has 0 aliphatic carbocycles. The van der Waals surface area contributed by atoms with E-state index in [1.54, 1.807) is 11.8 Å². The Morgan fingerprint density at radius 2 is 2.75 bits per heavy atom. The zero-order valence-electron chi connectivity index (χ0n) is 4.30. The minimum Gasteiger partial charge on any atom is -0.379 e. The van der Waals surface area contributed by atoms with Crippen molar-refractivity contribution in [1.82, 2.24) is 0 Å². The monoisotopic (exact) mass is 242 g/mol. The number of rotatable bonds is 1. The van der Waals surface area contributed by atoms with Crippen LogP contribution in [0.3, 0.4) is 0 Å². The van der Waals surface area contributed by atoms with Gasteiger partial charge in [-0.25, -0.2) is 0 Å². The summed E-state index contributed by atoms with van der Waals surface area (Å²) >= 11 is 3.98. The summed E-state index contributed by atoms with van der Waals surface area (Å²) in [7, 11) is 0. The molecule has 1 atom stereocenters. The first-order chi connectivity index (χ1) is 3.83. The number of hydrogen-bond acceptors (Lipinski definition) is 3. The molecule has 1 rings (SSSR count). The largest absolute Gasteiger partial charge is 0.379 e. The van der Waals surface area contributed by atoms with Gasteiger partial charge in [0.05, 0.1) is 6.04 Å². The van der Waals surface area contributed by atoms with E-state index >= 15 is 0 Å². The molecular weight excluding hydrogens is 235 g/mol. The van der Waals surface area contributed by atoms with Crippen molar-refractivity contribution in [3.8, 4) is 0 Å². The quantitative estimate of drug-likeness (QED) is 0.547. The summed E-state index contributed by atoms with van der Waals surface area (Å²) in [6, 6.07) is 0.487. The Kier molecular flexibility index (Phi) is 2.43. The highest BCUT2D eigenvalue weighted by atomic mass is 127. The average molecular weight is 242 g/mol. The van der Waals surface area contributed by atoms with Gasteiger partial charge in [0.15, 0.2) is 5.17 Å². The van der Waals surface area contributed by atoms with Gasteiger partial charge >= 0.3 is 0 Å². The standard InChI is InChI=1S/C4H7IN2S/c5-1-3-2-8-4(6)7-3/h3H,1-2H2,(H2,6,7). The van der Waals surface area contributed by atoms with Crippen molar-refractivity contribution < 1.29 is 0 Å². The van der Waals surface area contributed by atoms with E-state index in [9.17, 15) is 0 Å². The van der Waals surface area contributed by atoms with E-state index in [0.29, 0.717) is 6.04 Å². The normalized spacial score (nSPS) is 28.1. The highest BCUT2D eigenvalue weighted by Crippen LogP contribution is 2.15. The molecule has 0 bridgehead atoms. The van der Waals surface area contributed by atoms with E-state index in [1.807, 2.05) is 0 Å². The van der Waals surface area contributed by atoms with Crippen LogP contribution in [-0.2, 0) is 0 Å². The van der Waals surface area contributed by atoms with Gasteiger partial charge in [-0.2, -0.15) is 0 Å². The van der Waals surface area contributed by atoms with Gasteiger partial charge in [-0.05, 0) is 0 Å². The molecule has 0 aromatic carbocycles. The SMILES string of the molecule is NC1=NC(CI)CS1. The van der Waals surface area contributed by atoms with Gasteiger partial charge in [-0.1, -0.05) is 34.4 Å². The molecule has 0 aromatic heterocycles. The van der Waals surface area contributed by atoms with Gasteiger partial charge in [0, 0.05) is 10.2 Å². The zero-order chi connectivity index (χ0) is 5.98. The Labute approximate surface area is 66.4 Å². The molecule has 1 aliphatic heterocycles. The third kappa shape index (κ3) is 1.51. The molecule has 0 spiro atoms. The maximum absolute atomic E-state index is 5.41. The maximum atomic E-state index is 5.41. The van der Waals surface area contributed by atoms with Crippen molar-refractivity contribution in [3.05, 3.63) is 0 Å². The first kappa shape index (κ1) is 6.67. The minimum atomic E-state index is 0.487. The summed E-state index contributed by atoms with van der Waals surface area (Å²) in [5, 5.41) is 0.756. The van der Waals surface area contributed by atoms with Crippen LogP contribution in [0.5, 0.6) is 0 Å². The first-order valence-corrected chi connectivity index (χ1v) is 4.86. The highest BCUT2D eigenvalue weighted by molar-refractivity contribution is 14.1. The molecule has 2 nitrogen and oxygen atoms in total. The van der Waals surface area contributed by atoms with Gasteiger partial charge in [-0.15, -0.1) is 0 Å². The second-order valence-corrected chi connectivity index (χ2v) is 3.51. The van der Waals surface area contributed by atoms with Crippen molar-refractivity contribution in [3.63, 3.8) is 0 Å². The Hall–Kier alpha value is 0.550. The van der Waals surface area contributed by atoms with Crippen molar-refractivity contribution >= 4 is 39.5 Å². The zero-order valence-corrected chi connectivity index (χ0v) is 7.28. The van der Waals surface area contributed by atoms with Crippen molar-refractivity contribution in [2.75, 3.05) is 10.2 Å². The van der Waals surface area contributed by atoms with E-state index in [2.05, 4.69) is 27.6 Å². The third-order valence-electron chi connectivity index (χ3n) is 0.912. The molecule has 0 saturated heterocycles. The third-order valence-corrected chi connectivity index (χ3v) is 2.88. The van der Waals surface area contributed by atoms with Crippen LogP contribution < -0.4 is 5.73 Å². The molecule has 4 heteroatoms. The second kappa shape index (κ2) is 2.91. The van der Waals surface area contributed by atoms with Crippen LogP contribution in [0, 0.1) is 0 Å². The van der Waals surface area contributed by atoms with E-state index < -0.39 is 0 Å². The fourth-order valence-electron chi connectivity index (χ4n) is 0.515. The van der Waals surface area contributed by atoms with Gasteiger partial charge in [0.2, 0.25) is 0 Å². The number of halogens is 1. The molecule has 0 saturated carbocycles. The number of nitrogens with zero attached hydrogens (tertiary/aromatic N) is 1. The number of nitrogens with two attached hydrogens (primary N) is 1. The number of aliphatic imine (C=N–C) groups is 1. The fraction of sp³-hybridized carbons (Fsp3) is 0.750. The van der Waals surface area contributed by atoms with Crippen LogP contribution in [0.15, 0.2) is 4.99 Å². The lowest BCUT2D eigenvalue weighted by molar-refractivity contribution is 0.891. The van der Waals surface area contributed by atoms with Crippen molar-refractivity contribution in [2.45, 2.75) is 6.04 Å². The number of alkyl halides is 1. The van der Waals surface area contributed by atoms with E-state index in [0.717, 1.165) is 15.3 Å². The lowest BCUT2D eigenvalue weighted by Gasteiger charge is -1.94. The minimum absolute atomic E-state index is 0.487. The van der Waals surface area contributed by atoms with Gasteiger partial charge in [0.25, 0.3) is 0 Å². The number of hydrogen-bond donors (Lipinski definition) is 1. The van der Waals surface area contributed by atoms with E-state index in [4.69, 9.17) is 5.73 Å². The van der Waals surface area contributed by atoms with E-state index in [1.165, 1.54) is 0 Å². The molecule has 1 aliphatic rings. The van der Waals surface area contributed by atoms with E-state index in [-0.39, 0.29) is 0 Å². The van der Waals surface area contributed by atoms with Crippen LogP contribution in [0.1, 0.15) is 0 Å². The van der Waals surface area contributed by atoms with Gasteiger partial charge in [0.1, 0.15) is 0 Å². The lowest BCUT2D eigenvalue weighted by atomic mass is 10.4. The predicted octanol–water partition coefficient (Wildman–Crippen LogP) is 0.852. The summed E-state index contributed by atoms with van der Waals surface area (Å²) < 4.78 is 1.09. The Morgan fingerprint density at radius 3 is 3.00 bits per heavy atom. The summed E-state index contributed by atoms with van der Waals surface area (Å²) in [5.41, 5.74) is 5.41. The van der Waals surface area contributed by atoms with Crippen LogP contribution >= 0.6 is 34.4 Å². The molecule has 1 unspecified atom stereocenters. The number of thioether (sulfide) groups is 1. The molecular formula is C4H7IN2S. The first-order valence-electron chi connectivity index (χ1n) is 2.35. The molecule has 46 valence electrons. The Morgan fingerprint density at radius 1 is 2.00 bits per heavy atom. The molecule has 0 fully saturated rings. The smallest absolute Gasteiger partial charge is 0.154 e. The van der Waals surface area contributed by atoms with Crippen LogP contribution in [0.4, 0.5) is 0 Å². The molecule has 1 heterocycles. The molecule has 8 heavy (non-hydrogen) atoms. The van der Waals surface area contributed by atoms with Crippen LogP contribution in [-0.4, -0.2) is 21.4 Å². The molecule has 0 radical (unpaired) electrons. The summed E-state index contributed by atoms with van der Waals surface area (Å²) in [6.07, 6.45) is 0. The Bertz CT molecular complexity index is 115. The summed E-state index contributed by atoms with van der Waals surface area (Å²) in [4.78, 5) is 4.16. The summed E-state index contributed by atoms with van der Waals surface area (Å²) in [6.45, 7) is 0. The number of amidine groups is 1. The lowest BCUT2D eigenvalue weighted by Crippen LogP contribution is -2.04. The van der Waals surface area contributed by atoms with Gasteiger partial charge < -0.3 is 5.73 Å². The molecule has 2 N–H and O–H groups in total. The highest BCUT2D eigenvalue weighted by Gasteiger charge is 2.13. The summed E-state index contributed by atoms with van der Waals surface area (Å²) in [5.74, 6) is 1.08. The maximum Gasteiger partial charge on any atom is 0.154 e. The molecule has 0 amide bonds. The van der Waals surface area contributed by atoms with Crippen molar-refractivity contribution in [2.24, 2.45) is 10.7 Å². The fourth-order valence-corrected chi connectivity index (χ4v) is 2.23. The van der Waals surface area contributed by atoms with Crippen LogP contribution in [0.2, 0.25) is 0 Å². The van der Waals surface area contributed by atoms with Gasteiger partial charge in [-0.3, -0.25) is 4.99 Å². The topological polar surface area (TPSA) is 38.4 Å². The second-order valence-electron chi connectivity index (χ2n) is 1.59. The molecule has 0 aromatic rings. The van der Waals surface area contributed by atoms with Crippen molar-refractivity contribution in [1.29, 1.82) is 0 Å². The van der Waals surface area contributed by atoms with Crippen LogP contribution in [0.25, 0.3) is 0 Å². The average Bonchev–Trinajstić information content (AvgIpc) is 2.14.